The fourth-order valence-corrected chi connectivity index (χ4v) is 2.12. The third kappa shape index (κ3) is 3.23. The van der Waals surface area contributed by atoms with E-state index in [1.54, 1.807) is 15.6 Å². The molecule has 0 spiro atoms. The standard InChI is InChI=1S/C13H20N6O/c1-4-11(13-14-9-16-19(13)3)17-12(20)6-5-10-7-8-15-18(10)2/h7-9,11H,4-6H2,1-3H3,(H,17,20)/t11-/m0/s1. The number of hydrogen-bond acceptors (Lipinski definition) is 4. The lowest BCUT2D eigenvalue weighted by atomic mass is 10.2. The van der Waals surface area contributed by atoms with E-state index in [-0.39, 0.29) is 11.9 Å². The Hall–Kier alpha value is -2.18. The molecule has 0 aliphatic rings. The van der Waals surface area contributed by atoms with E-state index in [9.17, 15) is 4.79 Å². The molecule has 2 aromatic heterocycles. The van der Waals surface area contributed by atoms with Crippen LogP contribution in [0.5, 0.6) is 0 Å². The van der Waals surface area contributed by atoms with Gasteiger partial charge in [-0.3, -0.25) is 14.2 Å². The minimum absolute atomic E-state index is 0.0149. The molecular weight excluding hydrogens is 256 g/mol. The number of nitrogens with one attached hydrogen (secondary N) is 1. The monoisotopic (exact) mass is 276 g/mol. The Morgan fingerprint density at radius 1 is 1.35 bits per heavy atom. The molecule has 7 nitrogen and oxygen atoms in total. The Kier molecular flexibility index (Phi) is 4.49. The van der Waals surface area contributed by atoms with Gasteiger partial charge in [0.1, 0.15) is 12.2 Å². The number of carbonyl (C=O) groups excluding carboxylic acids is 1. The van der Waals surface area contributed by atoms with Gasteiger partial charge in [-0.2, -0.15) is 10.2 Å². The molecule has 1 amide bonds. The molecule has 2 heterocycles. The molecule has 0 fully saturated rings. The fourth-order valence-electron chi connectivity index (χ4n) is 2.12. The van der Waals surface area contributed by atoms with E-state index in [2.05, 4.69) is 20.5 Å². The molecule has 0 saturated heterocycles. The van der Waals surface area contributed by atoms with Gasteiger partial charge >= 0.3 is 0 Å². The van der Waals surface area contributed by atoms with Crippen molar-refractivity contribution < 1.29 is 4.79 Å². The second-order valence-corrected chi connectivity index (χ2v) is 4.72. The van der Waals surface area contributed by atoms with Crippen molar-refractivity contribution in [3.8, 4) is 0 Å². The van der Waals surface area contributed by atoms with Gasteiger partial charge in [0.05, 0.1) is 6.04 Å². The van der Waals surface area contributed by atoms with Crippen LogP contribution in [0.25, 0.3) is 0 Å². The Morgan fingerprint density at radius 3 is 2.70 bits per heavy atom. The number of rotatable bonds is 6. The SMILES string of the molecule is CC[C@H](NC(=O)CCc1ccnn1C)c1ncnn1C. The van der Waals surface area contributed by atoms with Crippen molar-refractivity contribution in [2.24, 2.45) is 14.1 Å². The number of hydrogen-bond donors (Lipinski definition) is 1. The van der Waals surface area contributed by atoms with Gasteiger partial charge in [-0.25, -0.2) is 4.98 Å². The van der Waals surface area contributed by atoms with E-state index < -0.39 is 0 Å². The highest BCUT2D eigenvalue weighted by Gasteiger charge is 2.17. The van der Waals surface area contributed by atoms with E-state index in [4.69, 9.17) is 0 Å². The van der Waals surface area contributed by atoms with Crippen molar-refractivity contribution in [3.05, 3.63) is 30.1 Å². The quantitative estimate of drug-likeness (QED) is 0.844. The Bertz CT molecular complexity index is 573. The molecule has 108 valence electrons. The second-order valence-electron chi connectivity index (χ2n) is 4.72. The van der Waals surface area contributed by atoms with Gasteiger partial charge in [-0.15, -0.1) is 0 Å². The molecule has 0 unspecified atom stereocenters. The molecule has 1 N–H and O–H groups in total. The molecule has 2 rings (SSSR count). The van der Waals surface area contributed by atoms with Crippen LogP contribution in [-0.2, 0) is 25.3 Å². The summed E-state index contributed by atoms with van der Waals surface area (Å²) in [5, 5.41) is 11.1. The minimum Gasteiger partial charge on any atom is -0.346 e. The third-order valence-electron chi connectivity index (χ3n) is 3.33. The lowest BCUT2D eigenvalue weighted by molar-refractivity contribution is -0.121. The largest absolute Gasteiger partial charge is 0.346 e. The Balaban J connectivity index is 1.90. The van der Waals surface area contributed by atoms with Crippen LogP contribution in [-0.4, -0.2) is 30.5 Å². The van der Waals surface area contributed by atoms with E-state index in [0.29, 0.717) is 12.8 Å². The van der Waals surface area contributed by atoms with E-state index in [0.717, 1.165) is 17.9 Å². The van der Waals surface area contributed by atoms with Gasteiger partial charge in [0.25, 0.3) is 0 Å². The van der Waals surface area contributed by atoms with Crippen molar-refractivity contribution in [2.75, 3.05) is 0 Å². The first-order chi connectivity index (χ1) is 9.61. The van der Waals surface area contributed by atoms with E-state index >= 15 is 0 Å². The van der Waals surface area contributed by atoms with Crippen LogP contribution in [0.15, 0.2) is 18.6 Å². The number of carbonyl (C=O) groups is 1. The van der Waals surface area contributed by atoms with E-state index in [1.807, 2.05) is 27.1 Å². The summed E-state index contributed by atoms with van der Waals surface area (Å²) < 4.78 is 3.48. The maximum Gasteiger partial charge on any atom is 0.220 e. The molecule has 2 aromatic rings. The van der Waals surface area contributed by atoms with Crippen LogP contribution >= 0.6 is 0 Å². The van der Waals surface area contributed by atoms with Gasteiger partial charge in [0.15, 0.2) is 0 Å². The molecule has 0 aliphatic carbocycles. The van der Waals surface area contributed by atoms with Crippen LogP contribution in [0.2, 0.25) is 0 Å². The lowest BCUT2D eigenvalue weighted by Gasteiger charge is -2.16. The molecule has 20 heavy (non-hydrogen) atoms. The van der Waals surface area contributed by atoms with E-state index in [1.165, 1.54) is 6.33 Å². The maximum absolute atomic E-state index is 12.0. The molecule has 7 heteroatoms. The second kappa shape index (κ2) is 6.31. The third-order valence-corrected chi connectivity index (χ3v) is 3.33. The molecular formula is C13H20N6O. The van der Waals surface area contributed by atoms with Gasteiger partial charge in [0.2, 0.25) is 5.91 Å². The molecule has 0 aliphatic heterocycles. The van der Waals surface area contributed by atoms with Gasteiger partial charge < -0.3 is 5.32 Å². The predicted molar refractivity (Wildman–Crippen MR) is 73.7 cm³/mol. The summed E-state index contributed by atoms with van der Waals surface area (Å²) >= 11 is 0. The maximum atomic E-state index is 12.0. The average molecular weight is 276 g/mol. The van der Waals surface area contributed by atoms with Crippen molar-refractivity contribution in [2.45, 2.75) is 32.2 Å². The minimum atomic E-state index is -0.0958. The molecule has 1 atom stereocenters. The highest BCUT2D eigenvalue weighted by molar-refractivity contribution is 5.76. The van der Waals surface area contributed by atoms with Crippen LogP contribution in [0.1, 0.15) is 37.3 Å². The first-order valence-electron chi connectivity index (χ1n) is 6.72. The van der Waals surface area contributed by atoms with Crippen LogP contribution in [0.3, 0.4) is 0 Å². The average Bonchev–Trinajstić information content (AvgIpc) is 3.02. The number of aryl methyl sites for hydroxylation is 3. The number of nitrogens with zero attached hydrogens (tertiary/aromatic N) is 5. The van der Waals surface area contributed by atoms with Gasteiger partial charge in [-0.1, -0.05) is 6.92 Å². The number of amides is 1. The highest BCUT2D eigenvalue weighted by Crippen LogP contribution is 2.13. The summed E-state index contributed by atoms with van der Waals surface area (Å²) in [5.41, 5.74) is 1.05. The molecule has 0 saturated carbocycles. The molecule has 0 aromatic carbocycles. The van der Waals surface area contributed by atoms with Crippen molar-refractivity contribution in [1.29, 1.82) is 0 Å². The van der Waals surface area contributed by atoms with Crippen molar-refractivity contribution in [1.82, 2.24) is 29.9 Å². The van der Waals surface area contributed by atoms with Gasteiger partial charge in [0, 0.05) is 32.4 Å². The lowest BCUT2D eigenvalue weighted by Crippen LogP contribution is -2.30. The summed E-state index contributed by atoms with van der Waals surface area (Å²) in [7, 11) is 3.70. The topological polar surface area (TPSA) is 77.6 Å². The summed E-state index contributed by atoms with van der Waals surface area (Å²) in [6.07, 6.45) is 5.14. The van der Waals surface area contributed by atoms with Crippen molar-refractivity contribution in [3.63, 3.8) is 0 Å². The predicted octanol–water partition coefficient (Wildman–Crippen LogP) is 0.749. The van der Waals surface area contributed by atoms with Crippen LogP contribution in [0, 0.1) is 0 Å². The first-order valence-corrected chi connectivity index (χ1v) is 6.72. The summed E-state index contributed by atoms with van der Waals surface area (Å²) in [5.74, 6) is 0.794. The normalized spacial score (nSPS) is 12.3. The Morgan fingerprint density at radius 2 is 2.15 bits per heavy atom. The zero-order valence-corrected chi connectivity index (χ0v) is 12.1. The van der Waals surface area contributed by atoms with Crippen LogP contribution < -0.4 is 5.32 Å². The molecule has 0 radical (unpaired) electrons. The zero-order chi connectivity index (χ0) is 14.5. The number of aromatic nitrogens is 5. The smallest absolute Gasteiger partial charge is 0.220 e. The highest BCUT2D eigenvalue weighted by atomic mass is 16.1. The zero-order valence-electron chi connectivity index (χ0n) is 12.1. The van der Waals surface area contributed by atoms with Gasteiger partial charge in [-0.05, 0) is 18.9 Å². The first kappa shape index (κ1) is 14.2. The summed E-state index contributed by atoms with van der Waals surface area (Å²) in [6.45, 7) is 2.01. The Labute approximate surface area is 118 Å². The summed E-state index contributed by atoms with van der Waals surface area (Å²) in [6, 6.07) is 1.83. The van der Waals surface area contributed by atoms with Crippen molar-refractivity contribution >= 4 is 5.91 Å². The fraction of sp³-hybridized carbons (Fsp3) is 0.538. The molecule has 0 bridgehead atoms. The summed E-state index contributed by atoms with van der Waals surface area (Å²) in [4.78, 5) is 16.2. The van der Waals surface area contributed by atoms with Crippen LogP contribution in [0.4, 0.5) is 0 Å².